The van der Waals surface area contributed by atoms with Gasteiger partial charge in [-0.25, -0.2) is 9.97 Å². The number of rotatable bonds is 7. The van der Waals surface area contributed by atoms with Crippen LogP contribution in [-0.2, 0) is 9.59 Å². The molecule has 0 radical (unpaired) electrons. The minimum Gasteiger partial charge on any atom is -0.381 e. The number of aromatic nitrogens is 2. The van der Waals surface area contributed by atoms with Gasteiger partial charge in [0.2, 0.25) is 5.91 Å². The van der Waals surface area contributed by atoms with Crippen molar-refractivity contribution in [2.75, 3.05) is 29.0 Å². The topological polar surface area (TPSA) is 127 Å². The summed E-state index contributed by atoms with van der Waals surface area (Å²) in [6.07, 6.45) is 4.45. The van der Waals surface area contributed by atoms with Gasteiger partial charge in [0.25, 0.3) is 0 Å². The van der Waals surface area contributed by atoms with Crippen molar-refractivity contribution in [3.05, 3.63) is 29.4 Å². The molecule has 0 bridgehead atoms. The first-order valence-electron chi connectivity index (χ1n) is 9.65. The van der Waals surface area contributed by atoms with Gasteiger partial charge in [0.05, 0.1) is 16.9 Å². The lowest BCUT2D eigenvalue weighted by Crippen LogP contribution is -2.48. The summed E-state index contributed by atoms with van der Waals surface area (Å²) in [5.41, 5.74) is 12.7. The molecule has 1 aromatic carbocycles. The largest absolute Gasteiger partial charge is 0.381 e. The summed E-state index contributed by atoms with van der Waals surface area (Å²) in [4.78, 5) is 34.1. The molecule has 2 heterocycles. The lowest BCUT2D eigenvalue weighted by atomic mass is 9.91. The van der Waals surface area contributed by atoms with E-state index in [-0.39, 0.29) is 24.3 Å². The van der Waals surface area contributed by atoms with Gasteiger partial charge in [0, 0.05) is 36.4 Å². The summed E-state index contributed by atoms with van der Waals surface area (Å²) >= 11 is 7.73. The number of amides is 1. The van der Waals surface area contributed by atoms with Crippen LogP contribution in [0.1, 0.15) is 32.6 Å². The van der Waals surface area contributed by atoms with Crippen molar-refractivity contribution in [1.82, 2.24) is 9.97 Å². The predicted molar refractivity (Wildman–Crippen MR) is 120 cm³/mol. The zero-order valence-corrected chi connectivity index (χ0v) is 18.3. The Kier molecular flexibility index (Phi) is 7.17. The number of aldehydes is 1. The number of piperidine rings is 1. The monoisotopic (exact) mass is 448 g/mol. The molecule has 160 valence electrons. The summed E-state index contributed by atoms with van der Waals surface area (Å²) in [7, 11) is 0. The molecule has 0 saturated carbocycles. The van der Waals surface area contributed by atoms with Crippen LogP contribution in [0.3, 0.4) is 0 Å². The minimum atomic E-state index is -0.273. The maximum absolute atomic E-state index is 11.9. The molecule has 1 amide bonds. The van der Waals surface area contributed by atoms with Crippen molar-refractivity contribution in [2.45, 2.75) is 48.1 Å². The van der Waals surface area contributed by atoms with Gasteiger partial charge in [0.1, 0.15) is 17.1 Å². The molecule has 10 heteroatoms. The van der Waals surface area contributed by atoms with Gasteiger partial charge >= 0.3 is 0 Å². The summed E-state index contributed by atoms with van der Waals surface area (Å²) < 4.78 is 0. The van der Waals surface area contributed by atoms with Crippen molar-refractivity contribution in [3.63, 3.8) is 0 Å². The van der Waals surface area contributed by atoms with E-state index in [9.17, 15) is 9.59 Å². The Hall–Kier alpha value is -2.36. The lowest BCUT2D eigenvalue weighted by molar-refractivity contribution is -0.118. The van der Waals surface area contributed by atoms with Gasteiger partial charge in [-0.2, -0.15) is 0 Å². The molecule has 1 aliphatic rings. The van der Waals surface area contributed by atoms with Crippen LogP contribution < -0.4 is 21.7 Å². The van der Waals surface area contributed by atoms with Gasteiger partial charge in [0.15, 0.2) is 5.82 Å². The van der Waals surface area contributed by atoms with Crippen LogP contribution in [0, 0.1) is 0 Å². The predicted octanol–water partition coefficient (Wildman–Crippen LogP) is 3.10. The fourth-order valence-corrected chi connectivity index (χ4v) is 4.15. The van der Waals surface area contributed by atoms with Crippen molar-refractivity contribution in [1.29, 1.82) is 0 Å². The second kappa shape index (κ2) is 9.63. The van der Waals surface area contributed by atoms with Crippen molar-refractivity contribution < 1.29 is 9.59 Å². The Morgan fingerprint density at radius 2 is 2.13 bits per heavy atom. The third-order valence-corrected chi connectivity index (χ3v) is 6.50. The van der Waals surface area contributed by atoms with Crippen LogP contribution in [0.15, 0.2) is 34.3 Å². The molecule has 5 N–H and O–H groups in total. The Morgan fingerprint density at radius 3 is 2.80 bits per heavy atom. The second-order valence-electron chi connectivity index (χ2n) is 7.53. The standard InChI is InChI=1S/C20H25ClN6O2S/c1-20(23)7-9-27(10-8-20)15-12-24-19(18(22)26-15)30-14-5-2-4-13(17(14)21)25-16(29)6-3-11-28/h2,4-5,11-12H,3,6-10,23H2,1H3,(H2,22,26)(H,25,29). The highest BCUT2D eigenvalue weighted by Crippen LogP contribution is 2.38. The van der Waals surface area contributed by atoms with E-state index in [0.717, 1.165) is 31.7 Å². The van der Waals surface area contributed by atoms with Crippen molar-refractivity contribution >= 4 is 52.9 Å². The zero-order valence-electron chi connectivity index (χ0n) is 16.7. The highest BCUT2D eigenvalue weighted by atomic mass is 35.5. The number of nitrogens with two attached hydrogens (primary N) is 2. The molecule has 30 heavy (non-hydrogen) atoms. The summed E-state index contributed by atoms with van der Waals surface area (Å²) in [5.74, 6) is 0.773. The SMILES string of the molecule is CC1(N)CCN(c2cnc(Sc3cccc(NC(=O)CCC=O)c3Cl)c(N)n2)CC1. The van der Waals surface area contributed by atoms with Crippen LogP contribution in [0.5, 0.6) is 0 Å². The Labute approximate surface area is 184 Å². The number of carbonyl (C=O) groups is 2. The van der Waals surface area contributed by atoms with Crippen LogP contribution in [0.4, 0.5) is 17.3 Å². The number of hydrogen-bond acceptors (Lipinski definition) is 8. The average Bonchev–Trinajstić information content (AvgIpc) is 2.71. The van der Waals surface area contributed by atoms with E-state index >= 15 is 0 Å². The van der Waals surface area contributed by atoms with Gasteiger partial charge in [-0.05, 0) is 31.9 Å². The van der Waals surface area contributed by atoms with E-state index < -0.39 is 0 Å². The third kappa shape index (κ3) is 5.62. The fourth-order valence-electron chi connectivity index (χ4n) is 3.05. The fraction of sp³-hybridized carbons (Fsp3) is 0.400. The smallest absolute Gasteiger partial charge is 0.224 e. The summed E-state index contributed by atoms with van der Waals surface area (Å²) in [6.45, 7) is 3.68. The molecule has 0 aliphatic carbocycles. The molecule has 0 unspecified atom stereocenters. The Balaban J connectivity index is 1.71. The first kappa shape index (κ1) is 22.3. The number of benzene rings is 1. The quantitative estimate of drug-likeness (QED) is 0.551. The normalized spacial score (nSPS) is 15.6. The number of nitrogens with zero attached hydrogens (tertiary/aromatic N) is 3. The van der Waals surface area contributed by atoms with Gasteiger partial charge in [-0.3, -0.25) is 4.79 Å². The number of nitrogen functional groups attached to an aromatic ring is 1. The molecule has 1 aromatic heterocycles. The maximum atomic E-state index is 11.9. The van der Waals surface area contributed by atoms with Crippen LogP contribution >= 0.6 is 23.4 Å². The zero-order chi connectivity index (χ0) is 21.7. The van der Waals surface area contributed by atoms with Crippen LogP contribution in [0.25, 0.3) is 0 Å². The Morgan fingerprint density at radius 1 is 1.40 bits per heavy atom. The van der Waals surface area contributed by atoms with Crippen molar-refractivity contribution in [3.8, 4) is 0 Å². The first-order valence-corrected chi connectivity index (χ1v) is 10.8. The molecule has 1 aliphatic heterocycles. The molecule has 3 rings (SSSR count). The highest BCUT2D eigenvalue weighted by Gasteiger charge is 2.27. The van der Waals surface area contributed by atoms with E-state index in [4.69, 9.17) is 23.1 Å². The van der Waals surface area contributed by atoms with Gasteiger partial charge < -0.3 is 26.5 Å². The highest BCUT2D eigenvalue weighted by molar-refractivity contribution is 7.99. The number of anilines is 3. The molecule has 8 nitrogen and oxygen atoms in total. The molecule has 1 saturated heterocycles. The average molecular weight is 449 g/mol. The maximum Gasteiger partial charge on any atom is 0.224 e. The molecule has 2 aromatic rings. The molecule has 0 spiro atoms. The van der Waals surface area contributed by atoms with Crippen LogP contribution in [-0.4, -0.2) is 40.8 Å². The van der Waals surface area contributed by atoms with E-state index in [1.807, 2.05) is 6.07 Å². The van der Waals surface area contributed by atoms with E-state index in [2.05, 4.69) is 27.1 Å². The van der Waals surface area contributed by atoms with Gasteiger partial charge in [-0.1, -0.05) is 29.4 Å². The number of halogens is 1. The summed E-state index contributed by atoms with van der Waals surface area (Å²) in [6, 6.07) is 5.29. The van der Waals surface area contributed by atoms with E-state index in [1.165, 1.54) is 11.8 Å². The second-order valence-corrected chi connectivity index (χ2v) is 8.94. The lowest BCUT2D eigenvalue weighted by Gasteiger charge is -2.37. The number of carbonyl (C=O) groups excluding carboxylic acids is 2. The Bertz CT molecular complexity index is 930. The third-order valence-electron chi connectivity index (χ3n) is 4.91. The van der Waals surface area contributed by atoms with Gasteiger partial charge in [-0.15, -0.1) is 0 Å². The number of hydrogen-bond donors (Lipinski definition) is 3. The van der Waals surface area contributed by atoms with Crippen LogP contribution in [0.2, 0.25) is 5.02 Å². The minimum absolute atomic E-state index is 0.108. The first-order chi connectivity index (χ1) is 14.3. The van der Waals surface area contributed by atoms with Crippen molar-refractivity contribution in [2.24, 2.45) is 5.73 Å². The van der Waals surface area contributed by atoms with E-state index in [1.54, 1.807) is 18.3 Å². The molecular formula is C20H25ClN6O2S. The summed E-state index contributed by atoms with van der Waals surface area (Å²) in [5, 5.41) is 3.63. The molecule has 0 atom stereocenters. The van der Waals surface area contributed by atoms with E-state index in [0.29, 0.717) is 32.7 Å². The molecular weight excluding hydrogens is 424 g/mol. The molecule has 1 fully saturated rings. The number of nitrogens with one attached hydrogen (secondary N) is 1.